The monoisotopic (exact) mass is 341 g/mol. The van der Waals surface area contributed by atoms with Gasteiger partial charge < -0.3 is 4.57 Å². The fraction of sp³-hybridized carbons (Fsp3) is 0.208. The van der Waals surface area contributed by atoms with Crippen LogP contribution in [0.15, 0.2) is 54.6 Å². The van der Waals surface area contributed by atoms with E-state index < -0.39 is 0 Å². The topological polar surface area (TPSA) is 22.0 Å². The third kappa shape index (κ3) is 2.45. The maximum absolute atomic E-state index is 13.2. The van der Waals surface area contributed by atoms with Gasteiger partial charge in [0, 0.05) is 39.5 Å². The SMILES string of the molecule is CCn1c2ccccc2c2cc(C(=O)c3c(C)cc(C)cc3C)ccc21. The van der Waals surface area contributed by atoms with Gasteiger partial charge in [0.1, 0.15) is 0 Å². The summed E-state index contributed by atoms with van der Waals surface area (Å²) in [5, 5.41) is 2.35. The van der Waals surface area contributed by atoms with Gasteiger partial charge in [-0.15, -0.1) is 0 Å². The van der Waals surface area contributed by atoms with Crippen molar-refractivity contribution in [1.29, 1.82) is 0 Å². The van der Waals surface area contributed by atoms with E-state index in [9.17, 15) is 4.79 Å². The number of benzene rings is 3. The van der Waals surface area contributed by atoms with Gasteiger partial charge in [0.2, 0.25) is 0 Å². The molecule has 0 N–H and O–H groups in total. The number of hydrogen-bond donors (Lipinski definition) is 0. The second kappa shape index (κ2) is 6.14. The summed E-state index contributed by atoms with van der Waals surface area (Å²) >= 11 is 0. The number of para-hydroxylation sites is 1. The minimum atomic E-state index is 0.107. The summed E-state index contributed by atoms with van der Waals surface area (Å²) in [5.74, 6) is 0.107. The number of aromatic nitrogens is 1. The van der Waals surface area contributed by atoms with E-state index in [1.807, 2.05) is 19.9 Å². The molecular formula is C24H23NO. The normalized spacial score (nSPS) is 11.4. The minimum absolute atomic E-state index is 0.107. The van der Waals surface area contributed by atoms with Crippen LogP contribution in [0, 0.1) is 20.8 Å². The highest BCUT2D eigenvalue weighted by atomic mass is 16.1. The molecule has 0 amide bonds. The number of ketones is 1. The first-order valence-electron chi connectivity index (χ1n) is 9.14. The van der Waals surface area contributed by atoms with Crippen LogP contribution in [0.3, 0.4) is 0 Å². The third-order valence-corrected chi connectivity index (χ3v) is 5.25. The van der Waals surface area contributed by atoms with E-state index in [2.05, 4.69) is 66.9 Å². The Bertz CT molecular complexity index is 1140. The molecule has 0 atom stereocenters. The lowest BCUT2D eigenvalue weighted by Gasteiger charge is -2.11. The molecule has 0 unspecified atom stereocenters. The Labute approximate surface area is 154 Å². The number of nitrogens with zero attached hydrogens (tertiary/aromatic N) is 1. The van der Waals surface area contributed by atoms with Crippen molar-refractivity contribution in [3.63, 3.8) is 0 Å². The van der Waals surface area contributed by atoms with Gasteiger partial charge in [0.05, 0.1) is 0 Å². The first-order chi connectivity index (χ1) is 12.5. The zero-order chi connectivity index (χ0) is 18.4. The van der Waals surface area contributed by atoms with E-state index in [4.69, 9.17) is 0 Å². The predicted octanol–water partition coefficient (Wildman–Crippen LogP) is 5.97. The molecule has 4 rings (SSSR count). The van der Waals surface area contributed by atoms with Gasteiger partial charge in [-0.3, -0.25) is 4.79 Å². The number of carbonyl (C=O) groups is 1. The summed E-state index contributed by atoms with van der Waals surface area (Å²) in [6, 6.07) is 18.7. The molecule has 0 radical (unpaired) electrons. The smallest absolute Gasteiger partial charge is 0.193 e. The van der Waals surface area contributed by atoms with Gasteiger partial charge in [-0.05, 0) is 63.1 Å². The Morgan fingerprint density at radius 2 is 1.50 bits per heavy atom. The predicted molar refractivity (Wildman–Crippen MR) is 109 cm³/mol. The van der Waals surface area contributed by atoms with Gasteiger partial charge in [0.25, 0.3) is 0 Å². The summed E-state index contributed by atoms with van der Waals surface area (Å²) in [6.07, 6.45) is 0. The lowest BCUT2D eigenvalue weighted by atomic mass is 9.92. The average Bonchev–Trinajstić information content (AvgIpc) is 2.93. The van der Waals surface area contributed by atoms with Crippen LogP contribution in [0.25, 0.3) is 21.8 Å². The van der Waals surface area contributed by atoms with Gasteiger partial charge in [0.15, 0.2) is 5.78 Å². The van der Waals surface area contributed by atoms with E-state index >= 15 is 0 Å². The molecule has 26 heavy (non-hydrogen) atoms. The van der Waals surface area contributed by atoms with Crippen LogP contribution in [-0.2, 0) is 6.54 Å². The molecule has 0 saturated heterocycles. The number of rotatable bonds is 3. The van der Waals surface area contributed by atoms with E-state index in [0.717, 1.165) is 34.2 Å². The molecule has 0 aliphatic carbocycles. The molecule has 2 heteroatoms. The van der Waals surface area contributed by atoms with E-state index in [1.165, 1.54) is 22.0 Å². The average molecular weight is 341 g/mol. The Hall–Kier alpha value is -2.87. The van der Waals surface area contributed by atoms with Crippen LogP contribution >= 0.6 is 0 Å². The highest BCUT2D eigenvalue weighted by Gasteiger charge is 2.17. The number of aryl methyl sites for hydroxylation is 4. The number of carbonyl (C=O) groups excluding carboxylic acids is 1. The van der Waals surface area contributed by atoms with Crippen molar-refractivity contribution in [3.8, 4) is 0 Å². The van der Waals surface area contributed by atoms with Crippen LogP contribution in [0.4, 0.5) is 0 Å². The van der Waals surface area contributed by atoms with Gasteiger partial charge in [-0.2, -0.15) is 0 Å². The van der Waals surface area contributed by atoms with Crippen LogP contribution in [-0.4, -0.2) is 10.4 Å². The van der Waals surface area contributed by atoms with Crippen molar-refractivity contribution < 1.29 is 4.79 Å². The molecule has 0 spiro atoms. The quantitative estimate of drug-likeness (QED) is 0.421. The Kier molecular flexibility index (Phi) is 3.91. The zero-order valence-corrected chi connectivity index (χ0v) is 15.8. The first kappa shape index (κ1) is 16.6. The fourth-order valence-corrected chi connectivity index (χ4v) is 4.22. The summed E-state index contributed by atoms with van der Waals surface area (Å²) in [4.78, 5) is 13.2. The molecule has 0 aliphatic rings. The molecule has 130 valence electrons. The highest BCUT2D eigenvalue weighted by Crippen LogP contribution is 2.31. The third-order valence-electron chi connectivity index (χ3n) is 5.25. The molecule has 1 heterocycles. The van der Waals surface area contributed by atoms with Crippen molar-refractivity contribution in [2.45, 2.75) is 34.2 Å². The molecule has 0 aliphatic heterocycles. The van der Waals surface area contributed by atoms with E-state index in [0.29, 0.717) is 0 Å². The summed E-state index contributed by atoms with van der Waals surface area (Å²) in [7, 11) is 0. The zero-order valence-electron chi connectivity index (χ0n) is 15.8. The lowest BCUT2D eigenvalue weighted by Crippen LogP contribution is -2.07. The maximum atomic E-state index is 13.2. The van der Waals surface area contributed by atoms with Crippen molar-refractivity contribution in [1.82, 2.24) is 4.57 Å². The van der Waals surface area contributed by atoms with Crippen LogP contribution < -0.4 is 0 Å². The van der Waals surface area contributed by atoms with Crippen LogP contribution in [0.2, 0.25) is 0 Å². The molecule has 0 saturated carbocycles. The second-order valence-electron chi connectivity index (χ2n) is 7.10. The van der Waals surface area contributed by atoms with Gasteiger partial charge in [-0.1, -0.05) is 35.9 Å². The first-order valence-corrected chi connectivity index (χ1v) is 9.14. The van der Waals surface area contributed by atoms with Crippen molar-refractivity contribution in [2.75, 3.05) is 0 Å². The minimum Gasteiger partial charge on any atom is -0.341 e. The number of hydrogen-bond acceptors (Lipinski definition) is 1. The molecule has 3 aromatic carbocycles. The Balaban J connectivity index is 1.94. The van der Waals surface area contributed by atoms with E-state index in [-0.39, 0.29) is 5.78 Å². The highest BCUT2D eigenvalue weighted by molar-refractivity contribution is 6.15. The Morgan fingerprint density at radius 3 is 2.19 bits per heavy atom. The molecule has 4 aromatic rings. The van der Waals surface area contributed by atoms with Gasteiger partial charge in [-0.25, -0.2) is 0 Å². The fourth-order valence-electron chi connectivity index (χ4n) is 4.22. The molecule has 0 fully saturated rings. The van der Waals surface area contributed by atoms with Gasteiger partial charge >= 0.3 is 0 Å². The number of fused-ring (bicyclic) bond motifs is 3. The van der Waals surface area contributed by atoms with Crippen molar-refractivity contribution >= 4 is 27.6 Å². The largest absolute Gasteiger partial charge is 0.341 e. The standard InChI is InChI=1S/C24H23NO/c1-5-25-21-9-7-6-8-19(21)20-14-18(10-11-22(20)25)24(26)23-16(3)12-15(2)13-17(23)4/h6-14H,5H2,1-4H3. The Morgan fingerprint density at radius 1 is 0.846 bits per heavy atom. The van der Waals surface area contributed by atoms with Crippen LogP contribution in [0.1, 0.15) is 39.5 Å². The lowest BCUT2D eigenvalue weighted by molar-refractivity contribution is 0.103. The maximum Gasteiger partial charge on any atom is 0.193 e. The molecule has 1 aromatic heterocycles. The van der Waals surface area contributed by atoms with Crippen molar-refractivity contribution in [2.24, 2.45) is 0 Å². The summed E-state index contributed by atoms with van der Waals surface area (Å²) in [6.45, 7) is 9.18. The molecule has 0 bridgehead atoms. The van der Waals surface area contributed by atoms with Crippen LogP contribution in [0.5, 0.6) is 0 Å². The van der Waals surface area contributed by atoms with E-state index in [1.54, 1.807) is 0 Å². The summed E-state index contributed by atoms with van der Waals surface area (Å²) in [5.41, 5.74) is 7.27. The molecular weight excluding hydrogens is 318 g/mol. The van der Waals surface area contributed by atoms with Crippen molar-refractivity contribution in [3.05, 3.63) is 82.4 Å². The second-order valence-corrected chi connectivity index (χ2v) is 7.10. The summed E-state index contributed by atoms with van der Waals surface area (Å²) < 4.78 is 2.31. The molecule has 2 nitrogen and oxygen atoms in total.